The van der Waals surface area contributed by atoms with Gasteiger partial charge in [0, 0.05) is 18.2 Å². The molecule has 0 bridgehead atoms. The second-order valence-electron chi connectivity index (χ2n) is 8.39. The summed E-state index contributed by atoms with van der Waals surface area (Å²) < 4.78 is 79.6. The first kappa shape index (κ1) is 29.4. The van der Waals surface area contributed by atoms with Gasteiger partial charge in [-0.3, -0.25) is 13.9 Å². The quantitative estimate of drug-likeness (QED) is 0.473. The Morgan fingerprint density at radius 2 is 1.69 bits per heavy atom. The normalized spacial score (nSPS) is 12.8. The number of amides is 2. The van der Waals surface area contributed by atoms with Gasteiger partial charge in [-0.05, 0) is 45.0 Å². The van der Waals surface area contributed by atoms with E-state index in [0.717, 1.165) is 17.0 Å². The first-order valence-electron chi connectivity index (χ1n) is 10.7. The Morgan fingerprint density at radius 3 is 2.22 bits per heavy atom. The second-order valence-corrected chi connectivity index (χ2v) is 10.7. The van der Waals surface area contributed by atoms with Gasteiger partial charge in [0.15, 0.2) is 0 Å². The van der Waals surface area contributed by atoms with Gasteiger partial charge >= 0.3 is 6.18 Å². The van der Waals surface area contributed by atoms with Crippen molar-refractivity contribution in [2.24, 2.45) is 0 Å². The van der Waals surface area contributed by atoms with Crippen LogP contribution in [0.15, 0.2) is 42.5 Å². The van der Waals surface area contributed by atoms with E-state index in [4.69, 9.17) is 11.6 Å². The zero-order chi connectivity index (χ0) is 27.4. The zero-order valence-electron chi connectivity index (χ0n) is 19.9. The van der Waals surface area contributed by atoms with Crippen molar-refractivity contribution in [2.45, 2.75) is 45.6 Å². The Hall–Kier alpha value is -2.86. The van der Waals surface area contributed by atoms with E-state index >= 15 is 0 Å². The smallest absolute Gasteiger partial charge is 0.352 e. The fourth-order valence-corrected chi connectivity index (χ4v) is 4.40. The molecule has 0 saturated carbocycles. The molecule has 13 heteroatoms. The van der Waals surface area contributed by atoms with E-state index in [0.29, 0.717) is 22.7 Å². The summed E-state index contributed by atoms with van der Waals surface area (Å²) in [5.41, 5.74) is -1.68. The predicted octanol–water partition coefficient (Wildman–Crippen LogP) is 4.21. The molecule has 2 amide bonds. The molecule has 0 aliphatic carbocycles. The molecular formula is C23H26ClF4N3O4S. The molecule has 1 atom stereocenters. The average Bonchev–Trinajstić information content (AvgIpc) is 2.74. The number of alkyl halides is 3. The third-order valence-electron chi connectivity index (χ3n) is 5.12. The standard InChI is InChI=1S/C23H26ClF4N3O4S/c1-14(2)29-22(33)15(3)30(12-16-7-5-6-8-19(16)25)21(32)13-31(36(4,34)35)20-11-17(23(26,27)28)9-10-18(20)24/h5-11,14-15H,12-13H2,1-4H3,(H,29,33)/t15-/m0/s1. The molecular weight excluding hydrogens is 526 g/mol. The van der Waals surface area contributed by atoms with Crippen LogP contribution >= 0.6 is 11.6 Å². The highest BCUT2D eigenvalue weighted by atomic mass is 35.5. The van der Waals surface area contributed by atoms with Crippen LogP contribution in [-0.4, -0.2) is 50.0 Å². The Labute approximate surface area is 212 Å². The van der Waals surface area contributed by atoms with Crippen molar-refractivity contribution in [2.75, 3.05) is 17.1 Å². The van der Waals surface area contributed by atoms with Gasteiger partial charge in [0.05, 0.1) is 22.5 Å². The van der Waals surface area contributed by atoms with Gasteiger partial charge < -0.3 is 10.2 Å². The maximum atomic E-state index is 14.3. The summed E-state index contributed by atoms with van der Waals surface area (Å²) in [6, 6.07) is 6.11. The van der Waals surface area contributed by atoms with Crippen molar-refractivity contribution in [3.05, 3.63) is 64.4 Å². The van der Waals surface area contributed by atoms with Crippen LogP contribution in [-0.2, 0) is 32.3 Å². The Morgan fingerprint density at radius 1 is 1.08 bits per heavy atom. The summed E-state index contributed by atoms with van der Waals surface area (Å²) in [4.78, 5) is 27.0. The first-order valence-corrected chi connectivity index (χ1v) is 12.9. The summed E-state index contributed by atoms with van der Waals surface area (Å²) in [5, 5.41) is 2.28. The number of hydrogen-bond donors (Lipinski definition) is 1. The second kappa shape index (κ2) is 11.5. The van der Waals surface area contributed by atoms with Crippen LogP contribution in [0.5, 0.6) is 0 Å². The molecule has 0 spiro atoms. The minimum absolute atomic E-state index is 0.0538. The fraction of sp³-hybridized carbons (Fsp3) is 0.391. The number of sulfonamides is 1. The number of carbonyl (C=O) groups is 2. The minimum atomic E-state index is -4.80. The molecule has 198 valence electrons. The SMILES string of the molecule is CC(C)NC(=O)[C@H](C)N(Cc1ccccc1F)C(=O)CN(c1cc(C(F)(F)F)ccc1Cl)S(C)(=O)=O. The summed E-state index contributed by atoms with van der Waals surface area (Å²) in [6.45, 7) is 3.38. The van der Waals surface area contributed by atoms with Crippen molar-refractivity contribution < 1.29 is 35.6 Å². The van der Waals surface area contributed by atoms with Gasteiger partial charge in [-0.25, -0.2) is 12.8 Å². The van der Waals surface area contributed by atoms with E-state index < -0.39 is 64.2 Å². The number of nitrogens with zero attached hydrogens (tertiary/aromatic N) is 2. The lowest BCUT2D eigenvalue weighted by Crippen LogP contribution is -2.52. The molecule has 0 saturated heterocycles. The number of nitrogens with one attached hydrogen (secondary N) is 1. The van der Waals surface area contributed by atoms with Crippen LogP contribution in [0.25, 0.3) is 0 Å². The number of carbonyl (C=O) groups excluding carboxylic acids is 2. The number of hydrogen-bond acceptors (Lipinski definition) is 4. The number of anilines is 1. The van der Waals surface area contributed by atoms with Gasteiger partial charge in [-0.2, -0.15) is 13.2 Å². The summed E-state index contributed by atoms with van der Waals surface area (Å²) in [7, 11) is -4.32. The topological polar surface area (TPSA) is 86.8 Å². The monoisotopic (exact) mass is 551 g/mol. The van der Waals surface area contributed by atoms with Gasteiger partial charge in [-0.1, -0.05) is 29.8 Å². The number of benzene rings is 2. The average molecular weight is 552 g/mol. The molecule has 2 rings (SSSR count). The van der Waals surface area contributed by atoms with E-state index in [1.54, 1.807) is 13.8 Å². The number of rotatable bonds is 9. The van der Waals surface area contributed by atoms with Crippen LogP contribution in [0.2, 0.25) is 5.02 Å². The lowest BCUT2D eigenvalue weighted by atomic mass is 10.1. The summed E-state index contributed by atoms with van der Waals surface area (Å²) in [5.74, 6) is -2.20. The Kier molecular flexibility index (Phi) is 9.35. The molecule has 2 aromatic carbocycles. The largest absolute Gasteiger partial charge is 0.416 e. The van der Waals surface area contributed by atoms with E-state index in [1.807, 2.05) is 0 Å². The molecule has 1 N–H and O–H groups in total. The van der Waals surface area contributed by atoms with Crippen molar-refractivity contribution in [1.29, 1.82) is 0 Å². The minimum Gasteiger partial charge on any atom is -0.352 e. The molecule has 0 aliphatic heterocycles. The summed E-state index contributed by atoms with van der Waals surface area (Å²) in [6.07, 6.45) is -4.10. The fourth-order valence-electron chi connectivity index (χ4n) is 3.27. The summed E-state index contributed by atoms with van der Waals surface area (Å²) >= 11 is 6.02. The predicted molar refractivity (Wildman–Crippen MR) is 128 cm³/mol. The molecule has 0 heterocycles. The zero-order valence-corrected chi connectivity index (χ0v) is 21.5. The van der Waals surface area contributed by atoms with Crippen LogP contribution in [0.3, 0.4) is 0 Å². The van der Waals surface area contributed by atoms with Gasteiger partial charge in [0.25, 0.3) is 0 Å². The van der Waals surface area contributed by atoms with E-state index in [2.05, 4.69) is 5.32 Å². The third kappa shape index (κ3) is 7.57. The molecule has 0 fully saturated rings. The van der Waals surface area contributed by atoms with Crippen molar-refractivity contribution in [1.82, 2.24) is 10.2 Å². The lowest BCUT2D eigenvalue weighted by Gasteiger charge is -2.32. The van der Waals surface area contributed by atoms with Gasteiger partial charge in [0.1, 0.15) is 18.4 Å². The van der Waals surface area contributed by atoms with Crippen molar-refractivity contribution in [3.63, 3.8) is 0 Å². The Bertz CT molecular complexity index is 1220. The van der Waals surface area contributed by atoms with Crippen molar-refractivity contribution >= 4 is 39.1 Å². The van der Waals surface area contributed by atoms with Gasteiger partial charge in [-0.15, -0.1) is 0 Å². The van der Waals surface area contributed by atoms with E-state index in [9.17, 15) is 35.6 Å². The molecule has 0 radical (unpaired) electrons. The van der Waals surface area contributed by atoms with Crippen LogP contribution in [0.4, 0.5) is 23.2 Å². The molecule has 0 aromatic heterocycles. The molecule has 0 aliphatic rings. The lowest BCUT2D eigenvalue weighted by molar-refractivity contribution is -0.139. The van der Waals surface area contributed by atoms with Crippen molar-refractivity contribution in [3.8, 4) is 0 Å². The maximum absolute atomic E-state index is 14.3. The van der Waals surface area contributed by atoms with E-state index in [1.165, 1.54) is 25.1 Å². The molecule has 7 nitrogen and oxygen atoms in total. The highest BCUT2D eigenvalue weighted by Gasteiger charge is 2.35. The highest BCUT2D eigenvalue weighted by molar-refractivity contribution is 7.92. The highest BCUT2D eigenvalue weighted by Crippen LogP contribution is 2.36. The third-order valence-corrected chi connectivity index (χ3v) is 6.56. The molecule has 0 unspecified atom stereocenters. The first-order chi connectivity index (χ1) is 16.5. The van der Waals surface area contributed by atoms with Crippen LogP contribution in [0.1, 0.15) is 31.9 Å². The molecule has 2 aromatic rings. The number of halogens is 5. The van der Waals surface area contributed by atoms with Crippen LogP contribution in [0, 0.1) is 5.82 Å². The Balaban J connectivity index is 2.52. The van der Waals surface area contributed by atoms with Gasteiger partial charge in [0.2, 0.25) is 21.8 Å². The molecule has 36 heavy (non-hydrogen) atoms. The van der Waals surface area contributed by atoms with Crippen LogP contribution < -0.4 is 9.62 Å². The maximum Gasteiger partial charge on any atom is 0.416 e. The van der Waals surface area contributed by atoms with E-state index in [-0.39, 0.29) is 16.6 Å².